The third-order valence-corrected chi connectivity index (χ3v) is 2.38. The molecule has 0 saturated heterocycles. The lowest BCUT2D eigenvalue weighted by molar-refractivity contribution is 0.432. The molecule has 0 radical (unpaired) electrons. The maximum absolute atomic E-state index is 13.6. The highest BCUT2D eigenvalue weighted by Crippen LogP contribution is 2.27. The van der Waals surface area contributed by atoms with E-state index in [9.17, 15) is 8.78 Å². The van der Waals surface area contributed by atoms with Gasteiger partial charge in [0, 0.05) is 5.56 Å². The zero-order valence-electron chi connectivity index (χ0n) is 8.67. The van der Waals surface area contributed by atoms with Gasteiger partial charge in [0.25, 0.3) is 0 Å². The molecule has 0 aliphatic heterocycles. The number of halogens is 2. The maximum atomic E-state index is 13.6. The fraction of sp³-hybridized carbons (Fsp3) is 0.0769. The number of aromatic hydroxyl groups is 1. The second-order valence-electron chi connectivity index (χ2n) is 3.65. The Labute approximate surface area is 92.0 Å². The van der Waals surface area contributed by atoms with Gasteiger partial charge in [0.1, 0.15) is 5.82 Å². The Bertz CT molecular complexity index is 535. The van der Waals surface area contributed by atoms with Crippen molar-refractivity contribution in [1.82, 2.24) is 0 Å². The highest BCUT2D eigenvalue weighted by Gasteiger charge is 2.08. The summed E-state index contributed by atoms with van der Waals surface area (Å²) >= 11 is 0. The Morgan fingerprint density at radius 1 is 0.938 bits per heavy atom. The van der Waals surface area contributed by atoms with Crippen molar-refractivity contribution in [3.05, 3.63) is 53.6 Å². The van der Waals surface area contributed by atoms with Crippen molar-refractivity contribution in [1.29, 1.82) is 0 Å². The van der Waals surface area contributed by atoms with Gasteiger partial charge in [-0.15, -0.1) is 0 Å². The molecule has 0 spiro atoms. The van der Waals surface area contributed by atoms with Crippen molar-refractivity contribution in [3.63, 3.8) is 0 Å². The Balaban J connectivity index is 2.54. The molecule has 0 aliphatic carbocycles. The molecule has 0 saturated carbocycles. The van der Waals surface area contributed by atoms with Gasteiger partial charge in [-0.2, -0.15) is 0 Å². The lowest BCUT2D eigenvalue weighted by Gasteiger charge is -2.05. The van der Waals surface area contributed by atoms with Gasteiger partial charge < -0.3 is 5.11 Å². The van der Waals surface area contributed by atoms with Crippen LogP contribution in [-0.2, 0) is 0 Å². The molecule has 0 fully saturated rings. The summed E-state index contributed by atoms with van der Waals surface area (Å²) in [5.74, 6) is -1.58. The molecular formula is C13H10F2O. The first-order valence-corrected chi connectivity index (χ1v) is 4.83. The Morgan fingerprint density at radius 3 is 2.31 bits per heavy atom. The van der Waals surface area contributed by atoms with Gasteiger partial charge in [-0.3, -0.25) is 0 Å². The fourth-order valence-electron chi connectivity index (χ4n) is 1.53. The summed E-state index contributed by atoms with van der Waals surface area (Å²) in [5, 5.41) is 9.04. The molecule has 0 aliphatic rings. The predicted octanol–water partition coefficient (Wildman–Crippen LogP) is 3.65. The predicted molar refractivity (Wildman–Crippen MR) is 58.2 cm³/mol. The van der Waals surface area contributed by atoms with Gasteiger partial charge in [0.05, 0.1) is 0 Å². The van der Waals surface area contributed by atoms with Gasteiger partial charge in [-0.05, 0) is 36.2 Å². The van der Waals surface area contributed by atoms with Crippen molar-refractivity contribution in [2.24, 2.45) is 0 Å². The first kappa shape index (κ1) is 10.6. The monoisotopic (exact) mass is 220 g/mol. The zero-order chi connectivity index (χ0) is 11.7. The number of phenols is 1. The summed E-state index contributed by atoms with van der Waals surface area (Å²) in [6, 6.07) is 8.54. The highest BCUT2D eigenvalue weighted by molar-refractivity contribution is 5.65. The molecule has 0 unspecified atom stereocenters. The van der Waals surface area contributed by atoms with Gasteiger partial charge in [-0.25, -0.2) is 8.78 Å². The quantitative estimate of drug-likeness (QED) is 0.777. The molecule has 3 heteroatoms. The van der Waals surface area contributed by atoms with E-state index in [0.717, 1.165) is 11.6 Å². The van der Waals surface area contributed by atoms with Crippen molar-refractivity contribution < 1.29 is 13.9 Å². The maximum Gasteiger partial charge on any atom is 0.165 e. The lowest BCUT2D eigenvalue weighted by atomic mass is 10.0. The van der Waals surface area contributed by atoms with Crippen LogP contribution in [0.5, 0.6) is 5.75 Å². The van der Waals surface area contributed by atoms with Crippen LogP contribution in [0.1, 0.15) is 5.56 Å². The van der Waals surface area contributed by atoms with E-state index in [0.29, 0.717) is 11.1 Å². The van der Waals surface area contributed by atoms with Crippen LogP contribution in [0.3, 0.4) is 0 Å². The summed E-state index contributed by atoms with van der Waals surface area (Å²) in [6.07, 6.45) is 0. The average Bonchev–Trinajstić information content (AvgIpc) is 2.22. The molecule has 2 rings (SSSR count). The van der Waals surface area contributed by atoms with E-state index in [4.69, 9.17) is 5.11 Å². The van der Waals surface area contributed by atoms with Crippen LogP contribution < -0.4 is 0 Å². The van der Waals surface area contributed by atoms with E-state index in [1.54, 1.807) is 19.1 Å². The van der Waals surface area contributed by atoms with E-state index in [1.807, 2.05) is 0 Å². The van der Waals surface area contributed by atoms with Crippen molar-refractivity contribution in [3.8, 4) is 16.9 Å². The molecule has 0 amide bonds. The molecule has 16 heavy (non-hydrogen) atoms. The van der Waals surface area contributed by atoms with Crippen molar-refractivity contribution >= 4 is 0 Å². The summed E-state index contributed by atoms with van der Waals surface area (Å²) < 4.78 is 26.7. The van der Waals surface area contributed by atoms with Gasteiger partial charge in [-0.1, -0.05) is 18.2 Å². The number of phenolic OH excluding ortho intramolecular Hbond substituents is 1. The number of hydrogen-bond acceptors (Lipinski definition) is 1. The van der Waals surface area contributed by atoms with E-state index < -0.39 is 17.4 Å². The third-order valence-electron chi connectivity index (χ3n) is 2.38. The third kappa shape index (κ3) is 1.89. The second-order valence-corrected chi connectivity index (χ2v) is 3.65. The van der Waals surface area contributed by atoms with E-state index in [2.05, 4.69) is 0 Å². The molecule has 0 aromatic heterocycles. The molecule has 0 atom stereocenters. The van der Waals surface area contributed by atoms with Crippen LogP contribution in [0.15, 0.2) is 36.4 Å². The molecule has 0 bridgehead atoms. The van der Waals surface area contributed by atoms with Crippen LogP contribution in [0.2, 0.25) is 0 Å². The fourth-order valence-corrected chi connectivity index (χ4v) is 1.53. The number of rotatable bonds is 1. The van der Waals surface area contributed by atoms with E-state index in [1.165, 1.54) is 18.2 Å². The van der Waals surface area contributed by atoms with Crippen LogP contribution in [-0.4, -0.2) is 5.11 Å². The molecule has 2 aromatic rings. The van der Waals surface area contributed by atoms with Crippen LogP contribution >= 0.6 is 0 Å². The summed E-state index contributed by atoms with van der Waals surface area (Å²) in [7, 11) is 0. The molecular weight excluding hydrogens is 210 g/mol. The number of hydrogen-bond donors (Lipinski definition) is 1. The van der Waals surface area contributed by atoms with Crippen LogP contribution in [0.25, 0.3) is 11.1 Å². The number of aryl methyl sites for hydroxylation is 1. The Hall–Kier alpha value is -1.90. The number of benzene rings is 2. The topological polar surface area (TPSA) is 20.2 Å². The first-order chi connectivity index (χ1) is 7.58. The van der Waals surface area contributed by atoms with Gasteiger partial charge in [0.15, 0.2) is 11.6 Å². The highest BCUT2D eigenvalue weighted by atomic mass is 19.1. The summed E-state index contributed by atoms with van der Waals surface area (Å²) in [5.41, 5.74) is 1.54. The van der Waals surface area contributed by atoms with E-state index >= 15 is 0 Å². The molecule has 1 N–H and O–H groups in total. The molecule has 0 heterocycles. The van der Waals surface area contributed by atoms with Gasteiger partial charge >= 0.3 is 0 Å². The van der Waals surface area contributed by atoms with Crippen LogP contribution in [0.4, 0.5) is 8.78 Å². The van der Waals surface area contributed by atoms with Crippen molar-refractivity contribution in [2.45, 2.75) is 6.92 Å². The standard InChI is InChI=1S/C13H10F2O/c1-8-2-4-10(11(14)6-8)9-3-5-13(16)12(15)7-9/h2-7,16H,1H3. The first-order valence-electron chi connectivity index (χ1n) is 4.83. The zero-order valence-corrected chi connectivity index (χ0v) is 8.67. The van der Waals surface area contributed by atoms with Crippen molar-refractivity contribution in [2.75, 3.05) is 0 Å². The normalized spacial score (nSPS) is 10.4. The largest absolute Gasteiger partial charge is 0.505 e. The Morgan fingerprint density at radius 2 is 1.69 bits per heavy atom. The minimum Gasteiger partial charge on any atom is -0.505 e. The summed E-state index contributed by atoms with van der Waals surface area (Å²) in [4.78, 5) is 0. The summed E-state index contributed by atoms with van der Waals surface area (Å²) in [6.45, 7) is 1.78. The SMILES string of the molecule is Cc1ccc(-c2ccc(O)c(F)c2)c(F)c1. The minimum atomic E-state index is -0.752. The lowest BCUT2D eigenvalue weighted by Crippen LogP contribution is -1.87. The minimum absolute atomic E-state index is 0.324. The van der Waals surface area contributed by atoms with E-state index in [-0.39, 0.29) is 0 Å². The second kappa shape index (κ2) is 3.93. The average molecular weight is 220 g/mol. The van der Waals surface area contributed by atoms with Gasteiger partial charge in [0.2, 0.25) is 0 Å². The smallest absolute Gasteiger partial charge is 0.165 e. The molecule has 82 valence electrons. The van der Waals surface area contributed by atoms with Crippen LogP contribution in [0, 0.1) is 18.6 Å². The Kier molecular flexibility index (Phi) is 2.60. The molecule has 1 nitrogen and oxygen atoms in total. The molecule has 2 aromatic carbocycles.